The minimum absolute atomic E-state index is 0.533. The third kappa shape index (κ3) is 1.55. The molecule has 1 aliphatic rings. The SMILES string of the molecule is OC(c1ccsc1)c1c(C2CC2)sc2cncn12. The fraction of sp³-hybridized carbons (Fsp3) is 0.308. The molecule has 1 N–H and O–H groups in total. The van der Waals surface area contributed by atoms with Gasteiger partial charge in [-0.3, -0.25) is 4.40 Å². The van der Waals surface area contributed by atoms with Gasteiger partial charge in [-0.25, -0.2) is 4.98 Å². The van der Waals surface area contributed by atoms with E-state index >= 15 is 0 Å². The normalized spacial score (nSPS) is 17.4. The van der Waals surface area contributed by atoms with Crippen molar-refractivity contribution < 1.29 is 5.11 Å². The maximum Gasteiger partial charge on any atom is 0.121 e. The molecule has 92 valence electrons. The van der Waals surface area contributed by atoms with E-state index in [1.54, 1.807) is 22.7 Å². The van der Waals surface area contributed by atoms with E-state index in [0.717, 1.165) is 16.1 Å². The average Bonchev–Trinajstić information content (AvgIpc) is 2.84. The Morgan fingerprint density at radius 2 is 2.33 bits per heavy atom. The molecule has 0 radical (unpaired) electrons. The van der Waals surface area contributed by atoms with Crippen molar-refractivity contribution in [2.45, 2.75) is 24.9 Å². The Morgan fingerprint density at radius 1 is 1.44 bits per heavy atom. The molecule has 3 aromatic heterocycles. The summed E-state index contributed by atoms with van der Waals surface area (Å²) in [5.74, 6) is 0.651. The third-order valence-electron chi connectivity index (χ3n) is 3.40. The predicted molar refractivity (Wildman–Crippen MR) is 73.4 cm³/mol. The summed E-state index contributed by atoms with van der Waals surface area (Å²) in [6.45, 7) is 0. The van der Waals surface area contributed by atoms with Gasteiger partial charge in [0.25, 0.3) is 0 Å². The first-order valence-electron chi connectivity index (χ1n) is 5.99. The number of hydrogen-bond acceptors (Lipinski definition) is 4. The third-order valence-corrected chi connectivity index (χ3v) is 5.37. The number of aliphatic hydroxyl groups is 1. The van der Waals surface area contributed by atoms with Crippen LogP contribution in [-0.4, -0.2) is 14.5 Å². The standard InChI is InChI=1S/C13H12N2OS2/c16-12(9-3-4-17-6-9)11-13(8-1-2-8)18-10-5-14-7-15(10)11/h3-8,12,16H,1-2H2. The number of nitrogens with zero attached hydrogens (tertiary/aromatic N) is 2. The minimum atomic E-state index is -0.533. The molecule has 0 bridgehead atoms. The van der Waals surface area contributed by atoms with Crippen molar-refractivity contribution in [1.82, 2.24) is 9.38 Å². The van der Waals surface area contributed by atoms with Gasteiger partial charge in [-0.05, 0) is 41.1 Å². The van der Waals surface area contributed by atoms with Gasteiger partial charge in [0, 0.05) is 4.88 Å². The number of imidazole rings is 1. The largest absolute Gasteiger partial charge is 0.382 e. The lowest BCUT2D eigenvalue weighted by atomic mass is 10.1. The molecule has 0 spiro atoms. The van der Waals surface area contributed by atoms with Crippen LogP contribution in [0.15, 0.2) is 29.4 Å². The number of thiazole rings is 1. The quantitative estimate of drug-likeness (QED) is 0.796. The highest BCUT2D eigenvalue weighted by molar-refractivity contribution is 7.17. The lowest BCUT2D eigenvalue weighted by Crippen LogP contribution is -2.04. The molecule has 5 heteroatoms. The van der Waals surface area contributed by atoms with Gasteiger partial charge < -0.3 is 5.11 Å². The molecule has 3 nitrogen and oxygen atoms in total. The maximum atomic E-state index is 10.6. The van der Waals surface area contributed by atoms with E-state index in [-0.39, 0.29) is 0 Å². The molecule has 0 aliphatic heterocycles. The second-order valence-electron chi connectivity index (χ2n) is 4.69. The zero-order valence-electron chi connectivity index (χ0n) is 9.61. The molecular formula is C13H12N2OS2. The van der Waals surface area contributed by atoms with E-state index in [4.69, 9.17) is 0 Å². The highest BCUT2D eigenvalue weighted by Crippen LogP contribution is 2.47. The summed E-state index contributed by atoms with van der Waals surface area (Å²) >= 11 is 3.39. The van der Waals surface area contributed by atoms with Crippen molar-refractivity contribution in [3.8, 4) is 0 Å². The summed E-state index contributed by atoms with van der Waals surface area (Å²) < 4.78 is 2.04. The molecule has 1 aliphatic carbocycles. The topological polar surface area (TPSA) is 37.5 Å². The highest BCUT2D eigenvalue weighted by Gasteiger charge is 2.32. The molecule has 0 saturated heterocycles. The molecule has 0 aromatic carbocycles. The number of rotatable bonds is 3. The lowest BCUT2D eigenvalue weighted by Gasteiger charge is -2.10. The zero-order valence-corrected chi connectivity index (χ0v) is 11.2. The number of aromatic nitrogens is 2. The van der Waals surface area contributed by atoms with Gasteiger partial charge in [0.2, 0.25) is 0 Å². The Bertz CT molecular complexity index is 679. The molecule has 3 aromatic rings. The van der Waals surface area contributed by atoms with Gasteiger partial charge in [0.1, 0.15) is 17.3 Å². The average molecular weight is 276 g/mol. The molecular weight excluding hydrogens is 264 g/mol. The summed E-state index contributed by atoms with van der Waals surface area (Å²) in [7, 11) is 0. The van der Waals surface area contributed by atoms with Crippen molar-refractivity contribution in [2.24, 2.45) is 0 Å². The van der Waals surface area contributed by atoms with Crippen molar-refractivity contribution in [3.63, 3.8) is 0 Å². The van der Waals surface area contributed by atoms with E-state index in [2.05, 4.69) is 4.98 Å². The van der Waals surface area contributed by atoms with Crippen LogP contribution in [0.4, 0.5) is 0 Å². The van der Waals surface area contributed by atoms with Crippen LogP contribution in [0, 0.1) is 0 Å². The van der Waals surface area contributed by atoms with E-state index in [1.165, 1.54) is 17.7 Å². The van der Waals surface area contributed by atoms with Gasteiger partial charge in [-0.15, -0.1) is 11.3 Å². The molecule has 3 heterocycles. The molecule has 1 atom stereocenters. The number of hydrogen-bond donors (Lipinski definition) is 1. The predicted octanol–water partition coefficient (Wildman–Crippen LogP) is 3.42. The van der Waals surface area contributed by atoms with Gasteiger partial charge in [0.15, 0.2) is 0 Å². The first-order valence-corrected chi connectivity index (χ1v) is 7.75. The second kappa shape index (κ2) is 3.91. The molecule has 1 unspecified atom stereocenters. The lowest BCUT2D eigenvalue weighted by molar-refractivity contribution is 0.214. The Balaban J connectivity index is 1.91. The van der Waals surface area contributed by atoms with Crippen molar-refractivity contribution in [1.29, 1.82) is 0 Å². The molecule has 18 heavy (non-hydrogen) atoms. The highest BCUT2D eigenvalue weighted by atomic mass is 32.1. The Kier molecular flexibility index (Phi) is 2.33. The summed E-state index contributed by atoms with van der Waals surface area (Å²) in [5, 5.41) is 14.6. The number of aliphatic hydroxyl groups excluding tert-OH is 1. The van der Waals surface area contributed by atoms with Crippen LogP contribution in [0.25, 0.3) is 4.83 Å². The molecule has 4 rings (SSSR count). The first kappa shape index (κ1) is 10.7. The molecule has 0 amide bonds. The van der Waals surface area contributed by atoms with Crippen LogP contribution in [0.1, 0.15) is 41.0 Å². The van der Waals surface area contributed by atoms with E-state index in [9.17, 15) is 5.11 Å². The first-order chi connectivity index (χ1) is 8.84. The summed E-state index contributed by atoms with van der Waals surface area (Å²) in [4.78, 5) is 6.64. The van der Waals surface area contributed by atoms with E-state index < -0.39 is 6.10 Å². The zero-order chi connectivity index (χ0) is 12.1. The van der Waals surface area contributed by atoms with Crippen molar-refractivity contribution >= 4 is 27.5 Å². The molecule has 1 saturated carbocycles. The summed E-state index contributed by atoms with van der Waals surface area (Å²) in [6.07, 6.45) is 5.65. The van der Waals surface area contributed by atoms with Crippen LogP contribution >= 0.6 is 22.7 Å². The Labute approximate surface area is 112 Å². The fourth-order valence-corrected chi connectivity index (χ4v) is 4.29. The van der Waals surface area contributed by atoms with E-state index in [1.807, 2.05) is 33.8 Å². The number of thiophene rings is 1. The van der Waals surface area contributed by atoms with Crippen LogP contribution in [0.5, 0.6) is 0 Å². The Hall–Kier alpha value is -1.17. The van der Waals surface area contributed by atoms with Crippen LogP contribution in [-0.2, 0) is 0 Å². The van der Waals surface area contributed by atoms with Crippen LogP contribution in [0.3, 0.4) is 0 Å². The minimum Gasteiger partial charge on any atom is -0.382 e. The van der Waals surface area contributed by atoms with Crippen LogP contribution in [0.2, 0.25) is 0 Å². The van der Waals surface area contributed by atoms with Gasteiger partial charge in [0.05, 0.1) is 11.9 Å². The monoisotopic (exact) mass is 276 g/mol. The summed E-state index contributed by atoms with van der Waals surface area (Å²) in [5.41, 5.74) is 2.00. The second-order valence-corrected chi connectivity index (χ2v) is 6.53. The van der Waals surface area contributed by atoms with Crippen molar-refractivity contribution in [3.05, 3.63) is 45.5 Å². The van der Waals surface area contributed by atoms with Crippen molar-refractivity contribution in [2.75, 3.05) is 0 Å². The Morgan fingerprint density at radius 3 is 3.06 bits per heavy atom. The summed E-state index contributed by atoms with van der Waals surface area (Å²) in [6, 6.07) is 1.99. The van der Waals surface area contributed by atoms with Gasteiger partial charge in [-0.2, -0.15) is 11.3 Å². The van der Waals surface area contributed by atoms with Gasteiger partial charge in [-0.1, -0.05) is 0 Å². The van der Waals surface area contributed by atoms with Gasteiger partial charge >= 0.3 is 0 Å². The smallest absolute Gasteiger partial charge is 0.121 e. The number of fused-ring (bicyclic) bond motifs is 1. The molecule has 1 fully saturated rings. The van der Waals surface area contributed by atoms with Crippen LogP contribution < -0.4 is 0 Å². The fourth-order valence-electron chi connectivity index (χ4n) is 2.32. The maximum absolute atomic E-state index is 10.6. The van der Waals surface area contributed by atoms with E-state index in [0.29, 0.717) is 5.92 Å².